The van der Waals surface area contributed by atoms with Gasteiger partial charge in [-0.05, 0) is 31.4 Å². The molecule has 23 heavy (non-hydrogen) atoms. The molecule has 128 valence electrons. The van der Waals surface area contributed by atoms with Gasteiger partial charge in [0.1, 0.15) is 9.84 Å². The molecule has 1 aliphatic heterocycles. The van der Waals surface area contributed by atoms with Gasteiger partial charge >= 0.3 is 0 Å². The van der Waals surface area contributed by atoms with Gasteiger partial charge in [0.2, 0.25) is 5.91 Å². The molecule has 6 heteroatoms. The Hall–Kier alpha value is -1.56. The van der Waals surface area contributed by atoms with E-state index >= 15 is 0 Å². The zero-order valence-corrected chi connectivity index (χ0v) is 15.0. The molecule has 0 saturated heterocycles. The summed E-state index contributed by atoms with van der Waals surface area (Å²) >= 11 is 0. The van der Waals surface area contributed by atoms with Crippen LogP contribution in [0.1, 0.15) is 25.3 Å². The Morgan fingerprint density at radius 1 is 1.35 bits per heavy atom. The number of para-hydroxylation sites is 1. The molecular weight excluding hydrogens is 312 g/mol. The molecule has 1 aliphatic rings. The fraction of sp³-hybridized carbons (Fsp3) is 0.588. The molecule has 0 N–H and O–H groups in total. The predicted octanol–water partition coefficient (Wildman–Crippen LogP) is 1.72. The van der Waals surface area contributed by atoms with Crippen molar-refractivity contribution in [1.82, 2.24) is 4.90 Å². The Kier molecular flexibility index (Phi) is 5.68. The van der Waals surface area contributed by atoms with Crippen LogP contribution >= 0.6 is 0 Å². The van der Waals surface area contributed by atoms with Crippen molar-refractivity contribution in [2.24, 2.45) is 0 Å². The second-order valence-corrected chi connectivity index (χ2v) is 8.66. The van der Waals surface area contributed by atoms with Gasteiger partial charge < -0.3 is 9.80 Å². The lowest BCUT2D eigenvalue weighted by atomic mass is 9.96. The van der Waals surface area contributed by atoms with Gasteiger partial charge in [0.15, 0.2) is 0 Å². The van der Waals surface area contributed by atoms with Gasteiger partial charge in [0.25, 0.3) is 0 Å². The third kappa shape index (κ3) is 4.96. The second-order valence-electron chi connectivity index (χ2n) is 6.40. The van der Waals surface area contributed by atoms with Crippen molar-refractivity contribution < 1.29 is 13.2 Å². The zero-order chi connectivity index (χ0) is 17.0. The van der Waals surface area contributed by atoms with Crippen LogP contribution in [0.3, 0.4) is 0 Å². The number of hydrogen-bond acceptors (Lipinski definition) is 4. The van der Waals surface area contributed by atoms with E-state index in [1.54, 1.807) is 7.05 Å². The summed E-state index contributed by atoms with van der Waals surface area (Å²) in [5.41, 5.74) is 2.56. The summed E-state index contributed by atoms with van der Waals surface area (Å²) in [6, 6.07) is 8.76. The number of hydrogen-bond donors (Lipinski definition) is 0. The minimum Gasteiger partial charge on any atom is -0.368 e. The topological polar surface area (TPSA) is 57.7 Å². The lowest BCUT2D eigenvalue weighted by Crippen LogP contribution is -2.40. The molecule has 0 spiro atoms. The largest absolute Gasteiger partial charge is 0.368 e. The van der Waals surface area contributed by atoms with Gasteiger partial charge in [0.05, 0.1) is 5.75 Å². The minimum absolute atomic E-state index is 0.0103. The number of carbonyl (C=O) groups is 1. The van der Waals surface area contributed by atoms with Crippen LogP contribution in [0.25, 0.3) is 0 Å². The van der Waals surface area contributed by atoms with Crippen LogP contribution in [0.4, 0.5) is 5.69 Å². The van der Waals surface area contributed by atoms with E-state index in [1.807, 2.05) is 6.07 Å². The monoisotopic (exact) mass is 338 g/mol. The molecule has 0 aromatic heterocycles. The van der Waals surface area contributed by atoms with Crippen LogP contribution in [0.2, 0.25) is 0 Å². The number of sulfone groups is 1. The van der Waals surface area contributed by atoms with E-state index in [0.717, 1.165) is 12.8 Å². The van der Waals surface area contributed by atoms with Crippen molar-refractivity contribution in [2.75, 3.05) is 37.0 Å². The van der Waals surface area contributed by atoms with Gasteiger partial charge in [-0.25, -0.2) is 8.42 Å². The molecule has 1 amide bonds. The average Bonchev–Trinajstić information content (AvgIpc) is 2.50. The second kappa shape index (κ2) is 7.34. The SMILES string of the molecule is CC1CCc2ccccc2N1CCC(=O)N(C)CCS(C)(=O)=O. The summed E-state index contributed by atoms with van der Waals surface area (Å²) in [5.74, 6) is 0.00182. The zero-order valence-electron chi connectivity index (χ0n) is 14.2. The lowest BCUT2D eigenvalue weighted by molar-refractivity contribution is -0.129. The molecule has 2 rings (SSSR count). The summed E-state index contributed by atoms with van der Waals surface area (Å²) in [7, 11) is -1.37. The number of fused-ring (bicyclic) bond motifs is 1. The predicted molar refractivity (Wildman–Crippen MR) is 93.5 cm³/mol. The Bertz CT molecular complexity index is 658. The van der Waals surface area contributed by atoms with Gasteiger partial charge in [-0.3, -0.25) is 4.79 Å². The van der Waals surface area contributed by atoms with Crippen LogP contribution in [0.5, 0.6) is 0 Å². The molecule has 1 aromatic carbocycles. The van der Waals surface area contributed by atoms with Crippen molar-refractivity contribution in [1.29, 1.82) is 0 Å². The minimum atomic E-state index is -3.04. The van der Waals surface area contributed by atoms with E-state index in [9.17, 15) is 13.2 Å². The molecule has 0 radical (unpaired) electrons. The van der Waals surface area contributed by atoms with E-state index in [2.05, 4.69) is 30.0 Å². The Morgan fingerprint density at radius 2 is 2.04 bits per heavy atom. The molecule has 0 bridgehead atoms. The van der Waals surface area contributed by atoms with Crippen LogP contribution in [-0.4, -0.2) is 57.4 Å². The molecule has 1 unspecified atom stereocenters. The molecule has 0 saturated carbocycles. The molecular formula is C17H26N2O3S. The summed E-state index contributed by atoms with van der Waals surface area (Å²) in [6.07, 6.45) is 3.77. The van der Waals surface area contributed by atoms with E-state index in [4.69, 9.17) is 0 Å². The highest BCUT2D eigenvalue weighted by atomic mass is 32.2. The summed E-state index contributed by atoms with van der Waals surface area (Å²) < 4.78 is 22.4. The van der Waals surface area contributed by atoms with Gasteiger partial charge in [-0.1, -0.05) is 18.2 Å². The lowest BCUT2D eigenvalue weighted by Gasteiger charge is -2.37. The maximum atomic E-state index is 12.2. The first-order chi connectivity index (χ1) is 10.8. The van der Waals surface area contributed by atoms with E-state index < -0.39 is 9.84 Å². The quantitative estimate of drug-likeness (QED) is 0.792. The summed E-state index contributed by atoms with van der Waals surface area (Å²) in [6.45, 7) is 3.11. The van der Waals surface area contributed by atoms with Crippen LogP contribution in [-0.2, 0) is 21.1 Å². The van der Waals surface area contributed by atoms with E-state index in [0.29, 0.717) is 19.0 Å². The number of anilines is 1. The molecule has 5 nitrogen and oxygen atoms in total. The number of carbonyl (C=O) groups excluding carboxylic acids is 1. The van der Waals surface area contributed by atoms with Crippen molar-refractivity contribution >= 4 is 21.4 Å². The van der Waals surface area contributed by atoms with Crippen LogP contribution < -0.4 is 4.90 Å². The Labute approximate surface area is 139 Å². The van der Waals surface area contributed by atoms with Crippen molar-refractivity contribution in [3.63, 3.8) is 0 Å². The molecule has 0 fully saturated rings. The van der Waals surface area contributed by atoms with Crippen molar-refractivity contribution in [3.8, 4) is 0 Å². The van der Waals surface area contributed by atoms with Crippen molar-refractivity contribution in [2.45, 2.75) is 32.2 Å². The van der Waals surface area contributed by atoms with Crippen LogP contribution in [0, 0.1) is 0 Å². The Morgan fingerprint density at radius 3 is 2.74 bits per heavy atom. The molecule has 1 heterocycles. The fourth-order valence-electron chi connectivity index (χ4n) is 2.94. The number of nitrogens with zero attached hydrogens (tertiary/aromatic N) is 2. The van der Waals surface area contributed by atoms with Gasteiger partial charge in [0, 0.05) is 44.5 Å². The van der Waals surface area contributed by atoms with E-state index in [1.165, 1.54) is 22.4 Å². The molecule has 1 aromatic rings. The first-order valence-corrected chi connectivity index (χ1v) is 10.1. The number of benzene rings is 1. The van der Waals surface area contributed by atoms with Crippen LogP contribution in [0.15, 0.2) is 24.3 Å². The third-order valence-electron chi connectivity index (χ3n) is 4.45. The van der Waals surface area contributed by atoms with Gasteiger partial charge in [-0.15, -0.1) is 0 Å². The maximum absolute atomic E-state index is 12.2. The maximum Gasteiger partial charge on any atom is 0.224 e. The molecule has 1 atom stereocenters. The fourth-order valence-corrected chi connectivity index (χ4v) is 3.54. The summed E-state index contributed by atoms with van der Waals surface area (Å²) in [5, 5.41) is 0. The summed E-state index contributed by atoms with van der Waals surface area (Å²) in [4.78, 5) is 16.0. The highest BCUT2D eigenvalue weighted by Crippen LogP contribution is 2.30. The number of amides is 1. The molecule has 0 aliphatic carbocycles. The first kappa shape index (κ1) is 17.8. The van der Waals surface area contributed by atoms with Gasteiger partial charge in [-0.2, -0.15) is 0 Å². The highest BCUT2D eigenvalue weighted by molar-refractivity contribution is 7.90. The third-order valence-corrected chi connectivity index (χ3v) is 5.38. The highest BCUT2D eigenvalue weighted by Gasteiger charge is 2.23. The normalized spacial score (nSPS) is 17.7. The standard InChI is InChI=1S/C17H26N2O3S/c1-14-8-9-15-6-4-5-7-16(15)19(14)11-10-17(20)18(2)12-13-23(3,21)22/h4-7,14H,8-13H2,1-3H3. The van der Waals surface area contributed by atoms with E-state index in [-0.39, 0.29) is 18.2 Å². The average molecular weight is 338 g/mol. The smallest absolute Gasteiger partial charge is 0.224 e. The number of rotatable bonds is 6. The first-order valence-electron chi connectivity index (χ1n) is 8.04. The van der Waals surface area contributed by atoms with Crippen molar-refractivity contribution in [3.05, 3.63) is 29.8 Å². The Balaban J connectivity index is 1.93. The number of aryl methyl sites for hydroxylation is 1.